The molecule has 0 bridgehead atoms. The highest BCUT2D eigenvalue weighted by atomic mass is 16.5. The molecule has 0 amide bonds. The number of carbonyl (C=O) groups is 1. The summed E-state index contributed by atoms with van der Waals surface area (Å²) >= 11 is 0. The first-order chi connectivity index (χ1) is 10.2. The Hall–Kier alpha value is -2.19. The highest BCUT2D eigenvalue weighted by molar-refractivity contribution is 5.67. The van der Waals surface area contributed by atoms with Gasteiger partial charge in [0.2, 0.25) is 0 Å². The van der Waals surface area contributed by atoms with Crippen LogP contribution in [-0.4, -0.2) is 51.9 Å². The molecule has 2 aromatic heterocycles. The van der Waals surface area contributed by atoms with Gasteiger partial charge in [0.05, 0.1) is 32.4 Å². The molecule has 3 rings (SSSR count). The molecule has 1 fully saturated rings. The Morgan fingerprint density at radius 2 is 2.43 bits per heavy atom. The number of hydrogen-bond donors (Lipinski definition) is 1. The molecule has 21 heavy (non-hydrogen) atoms. The number of morpholine rings is 1. The summed E-state index contributed by atoms with van der Waals surface area (Å²) < 4.78 is 15.7. The minimum Gasteiger partial charge on any atom is -0.481 e. The molecule has 8 nitrogen and oxygen atoms in total. The zero-order valence-electron chi connectivity index (χ0n) is 11.3. The van der Waals surface area contributed by atoms with Crippen LogP contribution in [0.15, 0.2) is 27.3 Å². The normalized spacial score (nSPS) is 19.7. The number of furan rings is 1. The van der Waals surface area contributed by atoms with Gasteiger partial charge in [-0.2, -0.15) is 4.98 Å². The van der Waals surface area contributed by atoms with E-state index in [9.17, 15) is 4.79 Å². The van der Waals surface area contributed by atoms with E-state index in [0.29, 0.717) is 43.8 Å². The fourth-order valence-electron chi connectivity index (χ4n) is 2.29. The van der Waals surface area contributed by atoms with E-state index >= 15 is 0 Å². The molecule has 8 heteroatoms. The van der Waals surface area contributed by atoms with Gasteiger partial charge in [-0.05, 0) is 12.1 Å². The summed E-state index contributed by atoms with van der Waals surface area (Å²) in [6, 6.07) is 3.30. The van der Waals surface area contributed by atoms with Crippen LogP contribution < -0.4 is 0 Å². The Kier molecular flexibility index (Phi) is 3.98. The van der Waals surface area contributed by atoms with Gasteiger partial charge in [-0.3, -0.25) is 9.69 Å². The van der Waals surface area contributed by atoms with Crippen molar-refractivity contribution < 1.29 is 23.6 Å². The summed E-state index contributed by atoms with van der Waals surface area (Å²) in [6.07, 6.45) is 1.56. The quantitative estimate of drug-likeness (QED) is 0.871. The van der Waals surface area contributed by atoms with Gasteiger partial charge >= 0.3 is 5.97 Å². The molecule has 112 valence electrons. The van der Waals surface area contributed by atoms with Gasteiger partial charge in [0.1, 0.15) is 0 Å². The van der Waals surface area contributed by atoms with E-state index < -0.39 is 5.97 Å². The van der Waals surface area contributed by atoms with Crippen molar-refractivity contribution in [1.82, 2.24) is 15.0 Å². The van der Waals surface area contributed by atoms with Crippen molar-refractivity contribution in [2.24, 2.45) is 0 Å². The smallest absolute Gasteiger partial charge is 0.305 e. The second kappa shape index (κ2) is 6.06. The summed E-state index contributed by atoms with van der Waals surface area (Å²) in [4.78, 5) is 17.1. The van der Waals surface area contributed by atoms with Crippen LogP contribution in [0.1, 0.15) is 12.2 Å². The molecule has 0 aliphatic carbocycles. The zero-order chi connectivity index (χ0) is 14.7. The number of nitrogens with zero attached hydrogens (tertiary/aromatic N) is 3. The number of rotatable bonds is 5. The van der Waals surface area contributed by atoms with E-state index in [-0.39, 0.29) is 12.5 Å². The molecule has 1 aliphatic rings. The van der Waals surface area contributed by atoms with Gasteiger partial charge in [0, 0.05) is 12.6 Å². The number of aromatic nitrogens is 2. The topological polar surface area (TPSA) is 102 Å². The SMILES string of the molecule is O=C(O)CC1COCCN1Cc1noc(-c2ccco2)n1. The van der Waals surface area contributed by atoms with Crippen molar-refractivity contribution >= 4 is 5.97 Å². The maximum atomic E-state index is 10.9. The highest BCUT2D eigenvalue weighted by Crippen LogP contribution is 2.19. The molecule has 0 radical (unpaired) electrons. The number of carboxylic acids is 1. The van der Waals surface area contributed by atoms with Crippen molar-refractivity contribution in [3.05, 3.63) is 24.2 Å². The van der Waals surface area contributed by atoms with Crippen LogP contribution in [0.3, 0.4) is 0 Å². The van der Waals surface area contributed by atoms with E-state index in [4.69, 9.17) is 18.8 Å². The van der Waals surface area contributed by atoms with Crippen LogP contribution in [0.2, 0.25) is 0 Å². The van der Waals surface area contributed by atoms with Gasteiger partial charge in [-0.15, -0.1) is 0 Å². The van der Waals surface area contributed by atoms with Gasteiger partial charge in [0.25, 0.3) is 5.89 Å². The zero-order valence-corrected chi connectivity index (χ0v) is 11.3. The lowest BCUT2D eigenvalue weighted by Crippen LogP contribution is -2.46. The highest BCUT2D eigenvalue weighted by Gasteiger charge is 2.26. The van der Waals surface area contributed by atoms with E-state index in [1.165, 1.54) is 6.26 Å². The van der Waals surface area contributed by atoms with Crippen LogP contribution >= 0.6 is 0 Å². The summed E-state index contributed by atoms with van der Waals surface area (Å²) in [5.74, 6) is 0.481. The number of aliphatic carboxylic acids is 1. The molecule has 1 unspecified atom stereocenters. The molecule has 0 saturated carbocycles. The van der Waals surface area contributed by atoms with Crippen LogP contribution in [0, 0.1) is 0 Å². The summed E-state index contributed by atoms with van der Waals surface area (Å²) in [5.41, 5.74) is 0. The first kappa shape index (κ1) is 13.8. The fraction of sp³-hybridized carbons (Fsp3) is 0.462. The first-order valence-corrected chi connectivity index (χ1v) is 6.62. The minimum absolute atomic E-state index is 0.0306. The third kappa shape index (κ3) is 3.29. The molecule has 0 aromatic carbocycles. The van der Waals surface area contributed by atoms with Crippen LogP contribution in [0.4, 0.5) is 0 Å². The lowest BCUT2D eigenvalue weighted by atomic mass is 10.1. The van der Waals surface area contributed by atoms with Crippen molar-refractivity contribution in [2.45, 2.75) is 19.0 Å². The average molecular weight is 293 g/mol. The lowest BCUT2D eigenvalue weighted by molar-refractivity contribution is -0.140. The Bertz CT molecular complexity index is 595. The van der Waals surface area contributed by atoms with Crippen molar-refractivity contribution in [3.8, 4) is 11.7 Å². The molecule has 3 heterocycles. The molecule has 1 aliphatic heterocycles. The molecule has 2 aromatic rings. The van der Waals surface area contributed by atoms with Crippen LogP contribution in [0.25, 0.3) is 11.7 Å². The monoisotopic (exact) mass is 293 g/mol. The molecule has 1 saturated heterocycles. The van der Waals surface area contributed by atoms with E-state index in [0.717, 1.165) is 0 Å². The lowest BCUT2D eigenvalue weighted by Gasteiger charge is -2.33. The summed E-state index contributed by atoms with van der Waals surface area (Å²) in [7, 11) is 0. The van der Waals surface area contributed by atoms with Crippen molar-refractivity contribution in [3.63, 3.8) is 0 Å². The number of hydrogen-bond acceptors (Lipinski definition) is 7. The van der Waals surface area contributed by atoms with Crippen molar-refractivity contribution in [2.75, 3.05) is 19.8 Å². The third-order valence-corrected chi connectivity index (χ3v) is 3.30. The maximum absolute atomic E-state index is 10.9. The van der Waals surface area contributed by atoms with Gasteiger partial charge in [-0.25, -0.2) is 0 Å². The predicted octanol–water partition coefficient (Wildman–Crippen LogP) is 1.01. The summed E-state index contributed by atoms with van der Waals surface area (Å²) in [5, 5.41) is 12.8. The Balaban J connectivity index is 1.68. The Labute approximate surface area is 120 Å². The van der Waals surface area contributed by atoms with Crippen LogP contribution in [-0.2, 0) is 16.1 Å². The van der Waals surface area contributed by atoms with Gasteiger partial charge in [-0.1, -0.05) is 5.16 Å². The molecular formula is C13H15N3O5. The Morgan fingerprint density at radius 3 is 3.19 bits per heavy atom. The standard InChI is InChI=1S/C13H15N3O5/c17-12(18)6-9-8-19-5-3-16(9)7-11-14-13(21-15-11)10-2-1-4-20-10/h1-2,4,9H,3,5-8H2,(H,17,18). The van der Waals surface area contributed by atoms with Gasteiger partial charge < -0.3 is 18.8 Å². The summed E-state index contributed by atoms with van der Waals surface area (Å²) in [6.45, 7) is 2.03. The fourth-order valence-corrected chi connectivity index (χ4v) is 2.29. The Morgan fingerprint density at radius 1 is 1.52 bits per heavy atom. The molecule has 1 N–H and O–H groups in total. The second-order valence-electron chi connectivity index (χ2n) is 4.79. The van der Waals surface area contributed by atoms with E-state index in [2.05, 4.69) is 10.1 Å². The largest absolute Gasteiger partial charge is 0.481 e. The van der Waals surface area contributed by atoms with E-state index in [1.807, 2.05) is 4.90 Å². The second-order valence-corrected chi connectivity index (χ2v) is 4.79. The van der Waals surface area contributed by atoms with Crippen molar-refractivity contribution in [1.29, 1.82) is 0 Å². The molecule has 0 spiro atoms. The molecular weight excluding hydrogens is 278 g/mol. The van der Waals surface area contributed by atoms with Crippen LogP contribution in [0.5, 0.6) is 0 Å². The number of carboxylic acid groups (broad SMARTS) is 1. The predicted molar refractivity (Wildman–Crippen MR) is 69.3 cm³/mol. The third-order valence-electron chi connectivity index (χ3n) is 3.30. The average Bonchev–Trinajstić information content (AvgIpc) is 3.11. The minimum atomic E-state index is -0.847. The maximum Gasteiger partial charge on any atom is 0.305 e. The van der Waals surface area contributed by atoms with E-state index in [1.54, 1.807) is 12.1 Å². The molecule has 1 atom stereocenters. The first-order valence-electron chi connectivity index (χ1n) is 6.62. The van der Waals surface area contributed by atoms with Gasteiger partial charge in [0.15, 0.2) is 11.6 Å². The number of ether oxygens (including phenoxy) is 1.